The Morgan fingerprint density at radius 1 is 1.04 bits per heavy atom. The van der Waals surface area contributed by atoms with E-state index in [9.17, 15) is 4.79 Å². The van der Waals surface area contributed by atoms with Crippen LogP contribution >= 0.6 is 0 Å². The molecule has 1 amide bonds. The van der Waals surface area contributed by atoms with Gasteiger partial charge in [0.15, 0.2) is 11.5 Å². The molecule has 1 fully saturated rings. The molecule has 1 N–H and O–H groups in total. The van der Waals surface area contributed by atoms with Gasteiger partial charge in [-0.3, -0.25) is 9.20 Å². The molecule has 0 bridgehead atoms. The zero-order chi connectivity index (χ0) is 17.1. The summed E-state index contributed by atoms with van der Waals surface area (Å²) >= 11 is 0. The van der Waals surface area contributed by atoms with Gasteiger partial charge in [0, 0.05) is 18.6 Å². The third kappa shape index (κ3) is 3.16. The number of aromatic nitrogens is 4. The number of carbonyl (C=O) groups is 1. The summed E-state index contributed by atoms with van der Waals surface area (Å²) in [6.07, 6.45) is 12.3. The minimum Gasteiger partial charge on any atom is -0.349 e. The van der Waals surface area contributed by atoms with Gasteiger partial charge in [-0.25, -0.2) is 0 Å². The maximum Gasteiger partial charge on any atom is 0.222 e. The maximum atomic E-state index is 12.7. The second kappa shape index (κ2) is 6.70. The third-order valence-corrected chi connectivity index (χ3v) is 5.25. The summed E-state index contributed by atoms with van der Waals surface area (Å²) in [7, 11) is 0. The highest BCUT2D eigenvalue weighted by Gasteiger charge is 2.35. The number of amides is 1. The molecule has 3 heterocycles. The van der Waals surface area contributed by atoms with E-state index in [-0.39, 0.29) is 11.4 Å². The second-order valence-electron chi connectivity index (χ2n) is 6.87. The summed E-state index contributed by atoms with van der Waals surface area (Å²) in [6, 6.07) is 9.84. The Bertz CT molecular complexity index is 846. The molecule has 0 radical (unpaired) electrons. The molecule has 6 nitrogen and oxygen atoms in total. The van der Waals surface area contributed by atoms with Crippen LogP contribution in [-0.4, -0.2) is 25.1 Å². The molecule has 130 valence electrons. The van der Waals surface area contributed by atoms with Gasteiger partial charge in [0.25, 0.3) is 0 Å². The molecule has 25 heavy (non-hydrogen) atoms. The molecule has 4 rings (SSSR count). The zero-order valence-corrected chi connectivity index (χ0v) is 14.3. The fourth-order valence-corrected chi connectivity index (χ4v) is 3.94. The molecule has 0 unspecified atom stereocenters. The van der Waals surface area contributed by atoms with Crippen LogP contribution in [-0.2, 0) is 16.9 Å². The van der Waals surface area contributed by atoms with Crippen LogP contribution in [0, 0.1) is 0 Å². The van der Waals surface area contributed by atoms with Gasteiger partial charge in [-0.1, -0.05) is 25.3 Å². The normalized spacial score (nSPS) is 16.8. The van der Waals surface area contributed by atoms with E-state index in [0.29, 0.717) is 13.0 Å². The molecule has 0 aliphatic heterocycles. The van der Waals surface area contributed by atoms with Crippen molar-refractivity contribution in [1.82, 2.24) is 24.5 Å². The van der Waals surface area contributed by atoms with Crippen molar-refractivity contribution in [2.75, 3.05) is 0 Å². The van der Waals surface area contributed by atoms with Crippen molar-refractivity contribution in [2.24, 2.45) is 0 Å². The van der Waals surface area contributed by atoms with E-state index in [4.69, 9.17) is 0 Å². The highest BCUT2D eigenvalue weighted by molar-refractivity contribution is 5.77. The quantitative estimate of drug-likeness (QED) is 0.778. The van der Waals surface area contributed by atoms with E-state index in [1.165, 1.54) is 19.3 Å². The van der Waals surface area contributed by atoms with Gasteiger partial charge >= 0.3 is 0 Å². The van der Waals surface area contributed by atoms with Gasteiger partial charge < -0.3 is 9.88 Å². The SMILES string of the molecule is O=C(CC1(n2cccc2)CCCCC1)NCc1nnc2ccccn12. The van der Waals surface area contributed by atoms with Crippen molar-refractivity contribution in [2.45, 2.75) is 50.6 Å². The van der Waals surface area contributed by atoms with Crippen LogP contribution in [0.4, 0.5) is 0 Å². The molecule has 3 aromatic rings. The minimum absolute atomic E-state index is 0.0725. The van der Waals surface area contributed by atoms with Crippen LogP contribution in [0.5, 0.6) is 0 Å². The molecule has 0 aromatic carbocycles. The van der Waals surface area contributed by atoms with Crippen LogP contribution in [0.1, 0.15) is 44.3 Å². The number of carbonyl (C=O) groups excluding carboxylic acids is 1. The zero-order valence-electron chi connectivity index (χ0n) is 14.3. The third-order valence-electron chi connectivity index (χ3n) is 5.25. The molecule has 0 atom stereocenters. The van der Waals surface area contributed by atoms with Crippen molar-refractivity contribution in [3.05, 3.63) is 54.7 Å². The molecular weight excluding hydrogens is 314 g/mol. The maximum absolute atomic E-state index is 12.7. The molecule has 1 saturated carbocycles. The molecule has 0 spiro atoms. The fraction of sp³-hybridized carbons (Fsp3) is 0.421. The Morgan fingerprint density at radius 2 is 1.80 bits per heavy atom. The monoisotopic (exact) mass is 337 g/mol. The van der Waals surface area contributed by atoms with Gasteiger partial charge in [0.05, 0.1) is 18.5 Å². The van der Waals surface area contributed by atoms with E-state index in [1.807, 2.05) is 40.9 Å². The van der Waals surface area contributed by atoms with E-state index < -0.39 is 0 Å². The Labute approximate surface area is 146 Å². The number of fused-ring (bicyclic) bond motifs is 1. The summed E-state index contributed by atoms with van der Waals surface area (Å²) in [5.41, 5.74) is 0.710. The first-order valence-electron chi connectivity index (χ1n) is 8.96. The molecule has 3 aromatic heterocycles. The summed E-state index contributed by atoms with van der Waals surface area (Å²) < 4.78 is 4.14. The average molecular weight is 337 g/mol. The average Bonchev–Trinajstić information content (AvgIpc) is 3.31. The highest BCUT2D eigenvalue weighted by atomic mass is 16.1. The highest BCUT2D eigenvalue weighted by Crippen LogP contribution is 2.37. The van der Waals surface area contributed by atoms with Crippen LogP contribution < -0.4 is 5.32 Å². The van der Waals surface area contributed by atoms with E-state index in [1.54, 1.807) is 0 Å². The van der Waals surface area contributed by atoms with Gasteiger partial charge in [-0.2, -0.15) is 0 Å². The van der Waals surface area contributed by atoms with E-state index in [2.05, 4.69) is 32.5 Å². The van der Waals surface area contributed by atoms with Crippen LogP contribution in [0.2, 0.25) is 0 Å². The molecular formula is C19H23N5O. The standard InChI is InChI=1S/C19H23N5O/c25-18(20-15-17-22-21-16-8-2-5-13-24(16)17)14-19(9-3-1-4-10-19)23-11-6-7-12-23/h2,5-8,11-13H,1,3-4,9-10,14-15H2,(H,20,25). The van der Waals surface area contributed by atoms with Crippen LogP contribution in [0.25, 0.3) is 5.65 Å². The first-order chi connectivity index (χ1) is 12.3. The number of hydrogen-bond acceptors (Lipinski definition) is 3. The Morgan fingerprint density at radius 3 is 2.60 bits per heavy atom. The topological polar surface area (TPSA) is 64.2 Å². The number of nitrogens with zero attached hydrogens (tertiary/aromatic N) is 4. The molecule has 6 heteroatoms. The number of rotatable bonds is 5. The lowest BCUT2D eigenvalue weighted by Crippen LogP contribution is -2.40. The summed E-state index contributed by atoms with van der Waals surface area (Å²) in [5.74, 6) is 0.825. The Hall–Kier alpha value is -2.63. The predicted molar refractivity (Wildman–Crippen MR) is 94.9 cm³/mol. The summed E-state index contributed by atoms with van der Waals surface area (Å²) in [6.45, 7) is 0.395. The smallest absolute Gasteiger partial charge is 0.222 e. The van der Waals surface area contributed by atoms with Crippen LogP contribution in [0.15, 0.2) is 48.9 Å². The minimum atomic E-state index is -0.0846. The van der Waals surface area contributed by atoms with Crippen LogP contribution in [0.3, 0.4) is 0 Å². The van der Waals surface area contributed by atoms with Crippen molar-refractivity contribution in [3.8, 4) is 0 Å². The molecule has 0 saturated heterocycles. The van der Waals surface area contributed by atoms with Crippen molar-refractivity contribution in [3.63, 3.8) is 0 Å². The van der Waals surface area contributed by atoms with Gasteiger partial charge in [-0.05, 0) is 37.1 Å². The number of pyridine rings is 1. The number of hydrogen-bond donors (Lipinski definition) is 1. The first-order valence-corrected chi connectivity index (χ1v) is 8.96. The largest absolute Gasteiger partial charge is 0.349 e. The van der Waals surface area contributed by atoms with Gasteiger partial charge in [-0.15, -0.1) is 10.2 Å². The Balaban J connectivity index is 1.45. The van der Waals surface area contributed by atoms with Gasteiger partial charge in [0.1, 0.15) is 0 Å². The van der Waals surface area contributed by atoms with E-state index in [0.717, 1.165) is 24.3 Å². The summed E-state index contributed by atoms with van der Waals surface area (Å²) in [5, 5.41) is 11.3. The predicted octanol–water partition coefficient (Wildman–Crippen LogP) is 2.90. The van der Waals surface area contributed by atoms with Gasteiger partial charge in [0.2, 0.25) is 5.91 Å². The van der Waals surface area contributed by atoms with Crippen molar-refractivity contribution in [1.29, 1.82) is 0 Å². The van der Waals surface area contributed by atoms with E-state index >= 15 is 0 Å². The lowest BCUT2D eigenvalue weighted by Gasteiger charge is -2.38. The second-order valence-corrected chi connectivity index (χ2v) is 6.87. The lowest BCUT2D eigenvalue weighted by atomic mass is 9.78. The van der Waals surface area contributed by atoms with Crippen molar-refractivity contribution < 1.29 is 4.79 Å². The molecule has 1 aliphatic carbocycles. The van der Waals surface area contributed by atoms with Crippen molar-refractivity contribution >= 4 is 11.6 Å². The first kappa shape index (κ1) is 15.9. The number of nitrogens with one attached hydrogen (secondary N) is 1. The summed E-state index contributed by atoms with van der Waals surface area (Å²) in [4.78, 5) is 12.7. The molecule has 1 aliphatic rings. The lowest BCUT2D eigenvalue weighted by molar-refractivity contribution is -0.123. The fourth-order valence-electron chi connectivity index (χ4n) is 3.94. The Kier molecular flexibility index (Phi) is 4.26.